The van der Waals surface area contributed by atoms with Crippen molar-refractivity contribution in [1.82, 2.24) is 0 Å². The van der Waals surface area contributed by atoms with Gasteiger partial charge in [0.2, 0.25) is 0 Å². The summed E-state index contributed by atoms with van der Waals surface area (Å²) in [6.45, 7) is 9.62. The molecule has 1 N–H and O–H groups in total. The monoisotopic (exact) mass is 354 g/mol. The zero-order valence-corrected chi connectivity index (χ0v) is 15.1. The van der Waals surface area contributed by atoms with Crippen molar-refractivity contribution in [1.29, 1.82) is 0 Å². The van der Waals surface area contributed by atoms with Crippen molar-refractivity contribution in [3.05, 3.63) is 72.2 Å². The maximum absolute atomic E-state index is 14.4. The van der Waals surface area contributed by atoms with E-state index < -0.39 is 5.82 Å². The van der Waals surface area contributed by atoms with Gasteiger partial charge in [-0.3, -0.25) is 4.99 Å². The summed E-state index contributed by atoms with van der Waals surface area (Å²) in [5.41, 5.74) is 2.59. The first-order valence-corrected chi connectivity index (χ1v) is 8.26. The summed E-state index contributed by atoms with van der Waals surface area (Å²) in [4.78, 5) is 3.70. The number of ether oxygens (including phenoxy) is 2. The maximum atomic E-state index is 14.4. The number of rotatable bonds is 9. The van der Waals surface area contributed by atoms with Crippen LogP contribution >= 0.6 is 0 Å². The molecule has 0 spiro atoms. The third kappa shape index (κ3) is 4.96. The second kappa shape index (κ2) is 9.42. The van der Waals surface area contributed by atoms with Crippen LogP contribution in [0.4, 0.5) is 10.1 Å². The first kappa shape index (κ1) is 19.2. The predicted molar refractivity (Wildman–Crippen MR) is 105 cm³/mol. The SMILES string of the molecule is C=C/C(=C\N=C)CNc1ccc(Oc2ccc(CC)cc2OC)c(F)c1. The molecule has 0 fully saturated rings. The van der Waals surface area contributed by atoms with Gasteiger partial charge in [0.15, 0.2) is 23.1 Å². The number of hydrogen-bond acceptors (Lipinski definition) is 4. The summed E-state index contributed by atoms with van der Waals surface area (Å²) in [5.74, 6) is 0.704. The van der Waals surface area contributed by atoms with Crippen molar-refractivity contribution in [2.24, 2.45) is 4.99 Å². The number of aryl methyl sites for hydroxylation is 1. The molecule has 0 radical (unpaired) electrons. The Morgan fingerprint density at radius 1 is 1.19 bits per heavy atom. The molecule has 0 saturated heterocycles. The van der Waals surface area contributed by atoms with E-state index in [1.54, 1.807) is 37.6 Å². The minimum atomic E-state index is -0.470. The van der Waals surface area contributed by atoms with E-state index in [2.05, 4.69) is 30.5 Å². The lowest BCUT2D eigenvalue weighted by Crippen LogP contribution is -2.03. The Morgan fingerprint density at radius 3 is 2.58 bits per heavy atom. The van der Waals surface area contributed by atoms with E-state index in [-0.39, 0.29) is 5.75 Å². The lowest BCUT2D eigenvalue weighted by molar-refractivity contribution is 0.370. The third-order valence-electron chi connectivity index (χ3n) is 3.80. The van der Waals surface area contributed by atoms with Crippen molar-refractivity contribution < 1.29 is 13.9 Å². The van der Waals surface area contributed by atoms with Crippen LogP contribution in [-0.2, 0) is 6.42 Å². The summed E-state index contributed by atoms with van der Waals surface area (Å²) in [7, 11) is 1.56. The van der Waals surface area contributed by atoms with E-state index in [4.69, 9.17) is 9.47 Å². The number of hydrogen-bond donors (Lipinski definition) is 1. The molecule has 0 bridgehead atoms. The lowest BCUT2D eigenvalue weighted by atomic mass is 10.1. The highest BCUT2D eigenvalue weighted by atomic mass is 19.1. The Morgan fingerprint density at radius 2 is 1.96 bits per heavy atom. The molecule has 0 saturated carbocycles. The Hall–Kier alpha value is -3.08. The molecule has 136 valence electrons. The van der Waals surface area contributed by atoms with Gasteiger partial charge >= 0.3 is 0 Å². The predicted octanol–water partition coefficient (Wildman–Crippen LogP) is 5.37. The van der Waals surface area contributed by atoms with Crippen LogP contribution in [0, 0.1) is 5.82 Å². The summed E-state index contributed by atoms with van der Waals surface area (Å²) in [5, 5.41) is 3.10. The molecule has 26 heavy (non-hydrogen) atoms. The Balaban J connectivity index is 2.14. The van der Waals surface area contributed by atoms with Gasteiger partial charge in [-0.05, 0) is 48.5 Å². The van der Waals surface area contributed by atoms with Gasteiger partial charge in [0.25, 0.3) is 0 Å². The van der Waals surface area contributed by atoms with Gasteiger partial charge in [-0.2, -0.15) is 0 Å². The molecule has 0 heterocycles. The molecule has 0 amide bonds. The number of aliphatic imine (C=N–C) groups is 1. The van der Waals surface area contributed by atoms with Crippen LogP contribution < -0.4 is 14.8 Å². The van der Waals surface area contributed by atoms with Crippen LogP contribution in [0.2, 0.25) is 0 Å². The standard InChI is InChI=1S/C21H23FN2O2/c1-5-15-7-9-20(21(11-15)25-4)26-19-10-8-17(12-18(19)22)24-14-16(6-2)13-23-3/h6-13,24H,2-3,5,14H2,1,4H3/b16-13+. The van der Waals surface area contributed by atoms with Crippen molar-refractivity contribution in [2.75, 3.05) is 19.0 Å². The number of nitrogens with zero attached hydrogens (tertiary/aromatic N) is 1. The number of benzene rings is 2. The molecule has 4 nitrogen and oxygen atoms in total. The van der Waals surface area contributed by atoms with Crippen LogP contribution in [-0.4, -0.2) is 20.4 Å². The van der Waals surface area contributed by atoms with Crippen LogP contribution in [0.3, 0.4) is 0 Å². The van der Waals surface area contributed by atoms with Gasteiger partial charge in [-0.1, -0.05) is 25.6 Å². The zero-order chi connectivity index (χ0) is 18.9. The lowest BCUT2D eigenvalue weighted by Gasteiger charge is -2.13. The molecule has 2 rings (SSSR count). The second-order valence-electron chi connectivity index (χ2n) is 5.53. The second-order valence-corrected chi connectivity index (χ2v) is 5.53. The van der Waals surface area contributed by atoms with Crippen molar-refractivity contribution >= 4 is 12.4 Å². The van der Waals surface area contributed by atoms with Crippen molar-refractivity contribution in [3.63, 3.8) is 0 Å². The molecule has 2 aromatic rings. The molecule has 0 aromatic heterocycles. The van der Waals surface area contributed by atoms with Crippen LogP contribution in [0.5, 0.6) is 17.2 Å². The summed E-state index contributed by atoms with van der Waals surface area (Å²) < 4.78 is 25.4. The minimum absolute atomic E-state index is 0.130. The highest BCUT2D eigenvalue weighted by molar-refractivity contribution is 5.51. The average molecular weight is 354 g/mol. The van der Waals surface area contributed by atoms with Gasteiger partial charge in [-0.25, -0.2) is 4.39 Å². The van der Waals surface area contributed by atoms with Gasteiger partial charge in [-0.15, -0.1) is 0 Å². The number of nitrogens with one attached hydrogen (secondary N) is 1. The molecule has 0 aliphatic heterocycles. The van der Waals surface area contributed by atoms with E-state index >= 15 is 0 Å². The smallest absolute Gasteiger partial charge is 0.169 e. The fourth-order valence-electron chi connectivity index (χ4n) is 2.32. The van der Waals surface area contributed by atoms with E-state index in [1.165, 1.54) is 6.07 Å². The van der Waals surface area contributed by atoms with E-state index in [9.17, 15) is 4.39 Å². The van der Waals surface area contributed by atoms with Gasteiger partial charge in [0.05, 0.1) is 7.11 Å². The quantitative estimate of drug-likeness (QED) is 0.486. The molecule has 0 aliphatic rings. The van der Waals surface area contributed by atoms with Gasteiger partial charge in [0, 0.05) is 24.5 Å². The molecule has 0 unspecified atom stereocenters. The topological polar surface area (TPSA) is 42.9 Å². The van der Waals surface area contributed by atoms with E-state index in [0.717, 1.165) is 17.6 Å². The normalized spacial score (nSPS) is 11.0. The Kier molecular flexibility index (Phi) is 6.97. The molecule has 5 heteroatoms. The van der Waals surface area contributed by atoms with Gasteiger partial charge in [0.1, 0.15) is 0 Å². The highest BCUT2D eigenvalue weighted by Gasteiger charge is 2.11. The minimum Gasteiger partial charge on any atom is -0.493 e. The van der Waals surface area contributed by atoms with Gasteiger partial charge < -0.3 is 14.8 Å². The third-order valence-corrected chi connectivity index (χ3v) is 3.80. The fraction of sp³-hybridized carbons (Fsp3) is 0.190. The van der Waals surface area contributed by atoms with E-state index in [1.807, 2.05) is 12.1 Å². The zero-order valence-electron chi connectivity index (χ0n) is 15.1. The molecule has 2 aromatic carbocycles. The van der Waals surface area contributed by atoms with Crippen LogP contribution in [0.1, 0.15) is 12.5 Å². The summed E-state index contributed by atoms with van der Waals surface area (Å²) in [6.07, 6.45) is 4.15. The Bertz CT molecular complexity index is 816. The van der Waals surface area contributed by atoms with Crippen molar-refractivity contribution in [3.8, 4) is 17.2 Å². The molecule has 0 atom stereocenters. The molecule has 0 aliphatic carbocycles. The molecular weight excluding hydrogens is 331 g/mol. The maximum Gasteiger partial charge on any atom is 0.169 e. The number of methoxy groups -OCH3 is 1. The fourth-order valence-corrected chi connectivity index (χ4v) is 2.32. The van der Waals surface area contributed by atoms with Crippen LogP contribution in [0.25, 0.3) is 0 Å². The van der Waals surface area contributed by atoms with E-state index in [0.29, 0.717) is 23.7 Å². The Labute approximate surface area is 153 Å². The largest absolute Gasteiger partial charge is 0.493 e. The number of halogens is 1. The van der Waals surface area contributed by atoms with Crippen molar-refractivity contribution in [2.45, 2.75) is 13.3 Å². The highest BCUT2D eigenvalue weighted by Crippen LogP contribution is 2.34. The first-order valence-electron chi connectivity index (χ1n) is 8.26. The number of anilines is 1. The van der Waals surface area contributed by atoms with Crippen LogP contribution in [0.15, 0.2) is 65.8 Å². The average Bonchev–Trinajstić information content (AvgIpc) is 2.67. The summed E-state index contributed by atoms with van der Waals surface area (Å²) >= 11 is 0. The molecular formula is C21H23FN2O2. The first-order chi connectivity index (χ1) is 12.6. The summed E-state index contributed by atoms with van der Waals surface area (Å²) in [6, 6.07) is 10.3.